The minimum atomic E-state index is -3.89. The van der Waals surface area contributed by atoms with Crippen LogP contribution >= 0.6 is 0 Å². The third kappa shape index (κ3) is 2.17. The number of aliphatic hydroxyl groups is 3. The van der Waals surface area contributed by atoms with Crippen LogP contribution in [0.5, 0.6) is 0 Å². The van der Waals surface area contributed by atoms with Crippen LogP contribution in [-0.2, 0) is 0 Å². The molecule has 0 atom stereocenters. The van der Waals surface area contributed by atoms with E-state index in [0.717, 1.165) is 0 Å². The maximum Gasteiger partial charge on any atom is 0.343 e. The second kappa shape index (κ2) is 2.77. The lowest BCUT2D eigenvalue weighted by atomic mass is 10.1. The maximum atomic E-state index is 12.2. The minimum absolute atomic E-state index is 0.0659. The molecule has 0 amide bonds. The number of hydrogen-bond acceptors (Lipinski definition) is 3. The van der Waals surface area contributed by atoms with E-state index in [4.69, 9.17) is 15.3 Å². The minimum Gasteiger partial charge on any atom is -0.339 e. The van der Waals surface area contributed by atoms with Crippen molar-refractivity contribution in [2.75, 3.05) is 0 Å². The molecule has 0 heterocycles. The van der Waals surface area contributed by atoms with E-state index in [1.165, 1.54) is 6.92 Å². The van der Waals surface area contributed by atoms with Crippen LogP contribution in [0, 0.1) is 0 Å². The molecule has 3 N–H and O–H groups in total. The molecule has 0 aromatic heterocycles. The molecule has 0 aliphatic carbocycles. The van der Waals surface area contributed by atoms with Gasteiger partial charge in [0.1, 0.15) is 0 Å². The summed E-state index contributed by atoms with van der Waals surface area (Å²) in [5.41, 5.74) is 0. The summed E-state index contributed by atoms with van der Waals surface area (Å²) >= 11 is 0. The largest absolute Gasteiger partial charge is 0.343 e. The van der Waals surface area contributed by atoms with E-state index in [9.17, 15) is 8.78 Å². The Hall–Kier alpha value is -0.260. The zero-order valence-corrected chi connectivity index (χ0v) is 5.51. The third-order valence-corrected chi connectivity index (χ3v) is 1.05. The lowest BCUT2D eigenvalue weighted by Crippen LogP contribution is -2.47. The van der Waals surface area contributed by atoms with Gasteiger partial charge in [0, 0.05) is 6.42 Å². The van der Waals surface area contributed by atoms with E-state index in [1.54, 1.807) is 0 Å². The zero-order valence-electron chi connectivity index (χ0n) is 5.51. The van der Waals surface area contributed by atoms with Crippen LogP contribution in [0.2, 0.25) is 0 Å². The first kappa shape index (κ1) is 9.74. The molecule has 3 nitrogen and oxygen atoms in total. The van der Waals surface area contributed by atoms with Crippen molar-refractivity contribution in [2.45, 2.75) is 31.7 Å². The standard InChI is InChI=1S/C5H10F2O3/c1-2-3-4(6,7)5(8,9)10/h8-10H,2-3H2,1H3. The van der Waals surface area contributed by atoms with Gasteiger partial charge in [0.2, 0.25) is 0 Å². The number of alkyl halides is 2. The Balaban J connectivity index is 4.10. The van der Waals surface area contributed by atoms with Gasteiger partial charge in [0.25, 0.3) is 0 Å². The number of halogens is 2. The summed E-state index contributed by atoms with van der Waals surface area (Å²) in [4.78, 5) is 0. The Morgan fingerprint density at radius 3 is 1.70 bits per heavy atom. The van der Waals surface area contributed by atoms with Gasteiger partial charge in [0.05, 0.1) is 0 Å². The predicted octanol–water partition coefficient (Wildman–Crippen LogP) is 0.0525. The van der Waals surface area contributed by atoms with Gasteiger partial charge in [-0.25, -0.2) is 0 Å². The fourth-order valence-corrected chi connectivity index (χ4v) is 0.482. The third-order valence-electron chi connectivity index (χ3n) is 1.05. The van der Waals surface area contributed by atoms with Crippen LogP contribution in [0.15, 0.2) is 0 Å². The molecule has 0 spiro atoms. The second-order valence-corrected chi connectivity index (χ2v) is 2.09. The van der Waals surface area contributed by atoms with E-state index in [1.807, 2.05) is 0 Å². The van der Waals surface area contributed by atoms with Crippen molar-refractivity contribution in [1.82, 2.24) is 0 Å². The normalized spacial score (nSPS) is 13.8. The van der Waals surface area contributed by atoms with Crippen molar-refractivity contribution in [3.63, 3.8) is 0 Å². The summed E-state index contributed by atoms with van der Waals surface area (Å²) in [6, 6.07) is 0. The monoisotopic (exact) mass is 156 g/mol. The smallest absolute Gasteiger partial charge is 0.339 e. The van der Waals surface area contributed by atoms with Crippen molar-refractivity contribution in [1.29, 1.82) is 0 Å². The average molecular weight is 156 g/mol. The topological polar surface area (TPSA) is 60.7 Å². The van der Waals surface area contributed by atoms with Crippen molar-refractivity contribution >= 4 is 0 Å². The molecule has 0 rings (SSSR count). The Kier molecular flexibility index (Phi) is 2.70. The van der Waals surface area contributed by atoms with Crippen molar-refractivity contribution in [2.24, 2.45) is 0 Å². The molecule has 62 valence electrons. The molecule has 0 bridgehead atoms. The second-order valence-electron chi connectivity index (χ2n) is 2.09. The van der Waals surface area contributed by atoms with E-state index < -0.39 is 18.3 Å². The number of hydrogen-bond donors (Lipinski definition) is 3. The SMILES string of the molecule is CCCC(F)(F)C(O)(O)O. The summed E-state index contributed by atoms with van der Waals surface area (Å²) in [5, 5.41) is 24.1. The van der Waals surface area contributed by atoms with Crippen LogP contribution in [0.4, 0.5) is 8.78 Å². The fraction of sp³-hybridized carbons (Fsp3) is 1.00. The van der Waals surface area contributed by atoms with Crippen molar-refractivity contribution < 1.29 is 24.1 Å². The molecule has 0 fully saturated rings. The molecular formula is C5H10F2O3. The highest BCUT2D eigenvalue weighted by Gasteiger charge is 2.49. The highest BCUT2D eigenvalue weighted by molar-refractivity contribution is 4.72. The summed E-state index contributed by atoms with van der Waals surface area (Å²) in [6.07, 6.45) is -0.688. The van der Waals surface area contributed by atoms with Gasteiger partial charge >= 0.3 is 11.9 Å². The molecule has 5 heteroatoms. The van der Waals surface area contributed by atoms with Gasteiger partial charge in [-0.15, -0.1) is 0 Å². The van der Waals surface area contributed by atoms with Crippen LogP contribution in [0.3, 0.4) is 0 Å². The Morgan fingerprint density at radius 1 is 1.20 bits per heavy atom. The van der Waals surface area contributed by atoms with Crippen LogP contribution in [0.25, 0.3) is 0 Å². The van der Waals surface area contributed by atoms with Crippen LogP contribution in [-0.4, -0.2) is 27.2 Å². The molecule has 0 saturated carbocycles. The van der Waals surface area contributed by atoms with E-state index in [2.05, 4.69) is 0 Å². The van der Waals surface area contributed by atoms with Gasteiger partial charge in [0.15, 0.2) is 0 Å². The van der Waals surface area contributed by atoms with Crippen LogP contribution < -0.4 is 0 Å². The molecule has 0 saturated heterocycles. The molecule has 0 aromatic carbocycles. The Morgan fingerprint density at radius 2 is 1.60 bits per heavy atom. The molecular weight excluding hydrogens is 146 g/mol. The quantitative estimate of drug-likeness (QED) is 0.506. The van der Waals surface area contributed by atoms with Crippen molar-refractivity contribution in [3.8, 4) is 0 Å². The first-order valence-electron chi connectivity index (χ1n) is 2.86. The van der Waals surface area contributed by atoms with Gasteiger partial charge in [-0.05, 0) is 0 Å². The Labute approximate surface area is 56.9 Å². The first-order chi connectivity index (χ1) is 4.31. The van der Waals surface area contributed by atoms with Crippen molar-refractivity contribution in [3.05, 3.63) is 0 Å². The van der Waals surface area contributed by atoms with E-state index in [0.29, 0.717) is 0 Å². The maximum absolute atomic E-state index is 12.2. The molecule has 0 aliphatic rings. The predicted molar refractivity (Wildman–Crippen MR) is 29.2 cm³/mol. The molecule has 0 aliphatic heterocycles. The summed E-state index contributed by atoms with van der Waals surface area (Å²) in [7, 11) is 0. The summed E-state index contributed by atoms with van der Waals surface area (Å²) in [5.74, 6) is -7.73. The lowest BCUT2D eigenvalue weighted by molar-refractivity contribution is -0.407. The van der Waals surface area contributed by atoms with Gasteiger partial charge < -0.3 is 15.3 Å². The average Bonchev–Trinajstić information content (AvgIpc) is 1.61. The van der Waals surface area contributed by atoms with E-state index in [-0.39, 0.29) is 6.42 Å². The van der Waals surface area contributed by atoms with Gasteiger partial charge in [-0.1, -0.05) is 13.3 Å². The van der Waals surface area contributed by atoms with Gasteiger partial charge in [-0.3, -0.25) is 0 Å². The highest BCUT2D eigenvalue weighted by atomic mass is 19.3. The summed E-state index contributed by atoms with van der Waals surface area (Å²) in [6.45, 7) is 1.44. The molecule has 0 aromatic rings. The summed E-state index contributed by atoms with van der Waals surface area (Å²) < 4.78 is 24.4. The zero-order chi connectivity index (χ0) is 8.41. The molecule has 0 unspecified atom stereocenters. The highest BCUT2D eigenvalue weighted by Crippen LogP contribution is 2.28. The fourth-order valence-electron chi connectivity index (χ4n) is 0.482. The van der Waals surface area contributed by atoms with E-state index >= 15 is 0 Å². The lowest BCUT2D eigenvalue weighted by Gasteiger charge is -2.24. The Bertz CT molecular complexity index is 108. The van der Waals surface area contributed by atoms with Gasteiger partial charge in [-0.2, -0.15) is 8.78 Å². The molecule has 0 radical (unpaired) electrons. The molecule has 10 heavy (non-hydrogen) atoms. The first-order valence-corrected chi connectivity index (χ1v) is 2.86. The number of rotatable bonds is 3. The van der Waals surface area contributed by atoms with Crippen LogP contribution in [0.1, 0.15) is 19.8 Å².